The lowest BCUT2D eigenvalue weighted by atomic mass is 9.99. The molecule has 0 aliphatic rings. The number of rotatable bonds is 10. The predicted molar refractivity (Wildman–Crippen MR) is 123 cm³/mol. The quantitative estimate of drug-likeness (QED) is 0.424. The predicted octanol–water partition coefficient (Wildman–Crippen LogP) is 3.53. The number of carbonyl (C=O) groups is 3. The highest BCUT2D eigenvalue weighted by Crippen LogP contribution is 2.24. The number of carbonyl (C=O) groups excluding carboxylic acids is 3. The number of nitrogens with one attached hydrogen (secondary N) is 2. The van der Waals surface area contributed by atoms with E-state index < -0.39 is 23.6 Å². The van der Waals surface area contributed by atoms with Gasteiger partial charge in [-0.1, -0.05) is 38.0 Å². The summed E-state index contributed by atoms with van der Waals surface area (Å²) in [4.78, 5) is 39.2. The molecule has 0 fully saturated rings. The number of amides is 3. The van der Waals surface area contributed by atoms with Crippen molar-refractivity contribution in [2.24, 2.45) is 0 Å². The molecule has 3 amide bonds. The summed E-state index contributed by atoms with van der Waals surface area (Å²) in [5.41, 5.74) is 1.94. The average molecular weight is 445 g/mol. The molecule has 2 N–H and O–H groups in total. The molecule has 0 saturated heterocycles. The molecule has 0 aliphatic heterocycles. The second-order valence-corrected chi connectivity index (χ2v) is 8.78. The zero-order chi connectivity index (χ0) is 24.3. The molecule has 176 valence electrons. The van der Waals surface area contributed by atoms with Gasteiger partial charge < -0.3 is 20.3 Å². The summed E-state index contributed by atoms with van der Waals surface area (Å²) in [5, 5.41) is 14.6. The number of ether oxygens (including phenoxy) is 1. The van der Waals surface area contributed by atoms with Crippen molar-refractivity contribution in [1.29, 1.82) is 5.26 Å². The van der Waals surface area contributed by atoms with Crippen LogP contribution in [0.25, 0.3) is 0 Å². The van der Waals surface area contributed by atoms with Gasteiger partial charge in [0.25, 0.3) is 0 Å². The molecular weight excluding hydrogens is 408 g/mol. The van der Waals surface area contributed by atoms with Crippen LogP contribution in [0.4, 0.5) is 4.79 Å². The number of benzene rings is 1. The summed E-state index contributed by atoms with van der Waals surface area (Å²) >= 11 is 0. The third kappa shape index (κ3) is 8.96. The minimum atomic E-state index is -0.983. The van der Waals surface area contributed by atoms with Crippen LogP contribution in [0.5, 0.6) is 0 Å². The van der Waals surface area contributed by atoms with Gasteiger partial charge in [0, 0.05) is 6.54 Å². The summed E-state index contributed by atoms with van der Waals surface area (Å²) in [6.07, 6.45) is 2.09. The van der Waals surface area contributed by atoms with E-state index in [4.69, 9.17) is 4.74 Å². The van der Waals surface area contributed by atoms with E-state index in [-0.39, 0.29) is 19.0 Å². The van der Waals surface area contributed by atoms with Crippen LogP contribution < -0.4 is 10.6 Å². The Kier molecular flexibility index (Phi) is 10.7. The zero-order valence-corrected chi connectivity index (χ0v) is 20.1. The van der Waals surface area contributed by atoms with Gasteiger partial charge in [-0.25, -0.2) is 4.79 Å². The molecule has 1 unspecified atom stereocenters. The minimum Gasteiger partial charge on any atom is -0.444 e. The van der Waals surface area contributed by atoms with Crippen molar-refractivity contribution < 1.29 is 19.1 Å². The van der Waals surface area contributed by atoms with Crippen molar-refractivity contribution in [3.8, 4) is 6.07 Å². The van der Waals surface area contributed by atoms with Gasteiger partial charge in [-0.2, -0.15) is 5.26 Å². The van der Waals surface area contributed by atoms with Crippen molar-refractivity contribution >= 4 is 17.9 Å². The molecule has 0 bridgehead atoms. The first-order valence-electron chi connectivity index (χ1n) is 11.0. The lowest BCUT2D eigenvalue weighted by Crippen LogP contribution is -2.48. The van der Waals surface area contributed by atoms with E-state index in [2.05, 4.69) is 17.6 Å². The number of nitrogens with zero attached hydrogens (tertiary/aromatic N) is 2. The average Bonchev–Trinajstić information content (AvgIpc) is 2.70. The lowest BCUT2D eigenvalue weighted by Gasteiger charge is -2.30. The van der Waals surface area contributed by atoms with Gasteiger partial charge in [0.1, 0.15) is 24.7 Å². The molecule has 8 nitrogen and oxygen atoms in total. The van der Waals surface area contributed by atoms with Gasteiger partial charge >= 0.3 is 6.09 Å². The van der Waals surface area contributed by atoms with E-state index in [1.54, 1.807) is 26.8 Å². The SMILES string of the molecule is CCCCCNC(=O)C(c1ccc(C)c(C)c1)N(CC#N)C(=O)CNC(=O)OC(C)(C)C. The number of nitriles is 1. The van der Waals surface area contributed by atoms with Crippen LogP contribution in [0.1, 0.15) is 69.7 Å². The molecule has 1 aromatic carbocycles. The van der Waals surface area contributed by atoms with Crippen molar-refractivity contribution in [3.63, 3.8) is 0 Å². The Morgan fingerprint density at radius 2 is 1.81 bits per heavy atom. The second kappa shape index (κ2) is 12.7. The van der Waals surface area contributed by atoms with Crippen molar-refractivity contribution in [1.82, 2.24) is 15.5 Å². The summed E-state index contributed by atoms with van der Waals surface area (Å²) < 4.78 is 5.16. The number of unbranched alkanes of at least 4 members (excludes halogenated alkanes) is 2. The number of hydrogen-bond acceptors (Lipinski definition) is 5. The molecule has 32 heavy (non-hydrogen) atoms. The molecule has 0 radical (unpaired) electrons. The maximum absolute atomic E-state index is 13.1. The molecule has 0 aromatic heterocycles. The highest BCUT2D eigenvalue weighted by molar-refractivity contribution is 5.90. The molecule has 0 spiro atoms. The van der Waals surface area contributed by atoms with Crippen LogP contribution in [0, 0.1) is 25.2 Å². The Morgan fingerprint density at radius 3 is 2.38 bits per heavy atom. The van der Waals surface area contributed by atoms with Gasteiger partial charge in [-0.3, -0.25) is 9.59 Å². The first-order chi connectivity index (χ1) is 15.0. The van der Waals surface area contributed by atoms with E-state index in [0.29, 0.717) is 12.1 Å². The first kappa shape index (κ1) is 27.0. The maximum Gasteiger partial charge on any atom is 0.408 e. The van der Waals surface area contributed by atoms with E-state index in [9.17, 15) is 19.6 Å². The smallest absolute Gasteiger partial charge is 0.408 e. The first-order valence-corrected chi connectivity index (χ1v) is 11.0. The largest absolute Gasteiger partial charge is 0.444 e. The highest BCUT2D eigenvalue weighted by Gasteiger charge is 2.31. The number of aryl methyl sites for hydroxylation is 2. The number of hydrogen-bond donors (Lipinski definition) is 2. The fourth-order valence-electron chi connectivity index (χ4n) is 3.05. The fraction of sp³-hybridized carbons (Fsp3) is 0.583. The van der Waals surface area contributed by atoms with Crippen LogP contribution in [-0.2, 0) is 14.3 Å². The summed E-state index contributed by atoms with van der Waals surface area (Å²) in [5.74, 6) is -0.908. The van der Waals surface area contributed by atoms with Crippen LogP contribution in [0.15, 0.2) is 18.2 Å². The van der Waals surface area contributed by atoms with Gasteiger partial charge in [-0.05, 0) is 57.7 Å². The second-order valence-electron chi connectivity index (χ2n) is 8.78. The van der Waals surface area contributed by atoms with E-state index in [0.717, 1.165) is 30.4 Å². The standard InChI is InChI=1S/C24H36N4O4/c1-7-8-9-13-26-22(30)21(19-11-10-17(2)18(3)15-19)28(14-12-25)20(29)16-27-23(31)32-24(4,5)6/h10-11,15,21H,7-9,13-14,16H2,1-6H3,(H,26,30)(H,27,31). The molecule has 1 atom stereocenters. The minimum absolute atomic E-state index is 0.297. The molecule has 1 aromatic rings. The molecule has 8 heteroatoms. The van der Waals surface area contributed by atoms with Gasteiger partial charge in [0.15, 0.2) is 0 Å². The lowest BCUT2D eigenvalue weighted by molar-refractivity contribution is -0.139. The molecule has 0 heterocycles. The summed E-state index contributed by atoms with van der Waals surface area (Å²) in [6, 6.07) is 6.51. The Hall–Kier alpha value is -3.08. The van der Waals surface area contributed by atoms with Crippen molar-refractivity contribution in [2.75, 3.05) is 19.6 Å². The third-order valence-electron chi connectivity index (χ3n) is 4.83. The fourth-order valence-corrected chi connectivity index (χ4v) is 3.05. The van der Waals surface area contributed by atoms with E-state index in [1.807, 2.05) is 32.0 Å². The summed E-state index contributed by atoms with van der Waals surface area (Å²) in [7, 11) is 0. The number of alkyl carbamates (subject to hydrolysis) is 1. The van der Waals surface area contributed by atoms with Crippen LogP contribution in [0.3, 0.4) is 0 Å². The van der Waals surface area contributed by atoms with E-state index in [1.165, 1.54) is 4.90 Å². The monoisotopic (exact) mass is 444 g/mol. The third-order valence-corrected chi connectivity index (χ3v) is 4.83. The maximum atomic E-state index is 13.1. The molecule has 1 rings (SSSR count). The van der Waals surface area contributed by atoms with Crippen molar-refractivity contribution in [3.05, 3.63) is 34.9 Å². The summed E-state index contributed by atoms with van der Waals surface area (Å²) in [6.45, 7) is 10.9. The Labute approximate surface area is 191 Å². The van der Waals surface area contributed by atoms with Gasteiger partial charge in [0.05, 0.1) is 6.07 Å². The van der Waals surface area contributed by atoms with Gasteiger partial charge in [-0.15, -0.1) is 0 Å². The molecule has 0 aliphatic carbocycles. The molecule has 0 saturated carbocycles. The highest BCUT2D eigenvalue weighted by atomic mass is 16.6. The zero-order valence-electron chi connectivity index (χ0n) is 20.1. The van der Waals surface area contributed by atoms with Crippen LogP contribution >= 0.6 is 0 Å². The normalized spacial score (nSPS) is 11.8. The Balaban J connectivity index is 3.12. The van der Waals surface area contributed by atoms with Crippen LogP contribution in [-0.4, -0.2) is 48.0 Å². The van der Waals surface area contributed by atoms with Crippen molar-refractivity contribution in [2.45, 2.75) is 72.4 Å². The topological polar surface area (TPSA) is 112 Å². The Morgan fingerprint density at radius 1 is 1.12 bits per heavy atom. The van der Waals surface area contributed by atoms with Gasteiger partial charge in [0.2, 0.25) is 11.8 Å². The van der Waals surface area contributed by atoms with E-state index >= 15 is 0 Å². The Bertz CT molecular complexity index is 839. The molecular formula is C24H36N4O4. The van der Waals surface area contributed by atoms with Crippen LogP contribution in [0.2, 0.25) is 0 Å².